The van der Waals surface area contributed by atoms with E-state index in [1.54, 1.807) is 19.1 Å². The van der Waals surface area contributed by atoms with E-state index in [0.29, 0.717) is 37.1 Å². The van der Waals surface area contributed by atoms with Crippen LogP contribution in [-0.4, -0.2) is 47.7 Å². The minimum Gasteiger partial charge on any atom is -0.465 e. The number of hydrogen-bond acceptors (Lipinski definition) is 6. The molecule has 0 saturated carbocycles. The number of esters is 1. The fraction of sp³-hybridized carbons (Fsp3) is 0.522. The lowest BCUT2D eigenvalue weighted by molar-refractivity contribution is -0.209. The number of carbonyl (C=O) groups is 1. The Bertz CT molecular complexity index is 1060. The standard InChI is InChI=1S/C23H32FNO6S/c1-15(2)21-19(9-7-6-8-14-23(27,28)22(26)31-4)20(16(3)25(21)32(5,29)30)17-10-12-18(24)13-11-17/h10-13,15,27-28H,6-9,14H2,1-5H3. The topological polar surface area (TPSA) is 106 Å². The van der Waals surface area contributed by atoms with E-state index in [2.05, 4.69) is 4.74 Å². The summed E-state index contributed by atoms with van der Waals surface area (Å²) < 4.78 is 44.5. The van der Waals surface area contributed by atoms with Crippen molar-refractivity contribution in [3.05, 3.63) is 47.0 Å². The monoisotopic (exact) mass is 469 g/mol. The van der Waals surface area contributed by atoms with Crippen molar-refractivity contribution >= 4 is 16.0 Å². The third-order valence-electron chi connectivity index (χ3n) is 5.47. The van der Waals surface area contributed by atoms with Crippen LogP contribution in [0.5, 0.6) is 0 Å². The van der Waals surface area contributed by atoms with Gasteiger partial charge in [-0.3, -0.25) is 0 Å². The molecule has 2 aromatic rings. The molecular formula is C23H32FNO6S. The van der Waals surface area contributed by atoms with Crippen molar-refractivity contribution in [1.82, 2.24) is 3.97 Å². The first-order valence-corrected chi connectivity index (χ1v) is 12.4. The van der Waals surface area contributed by atoms with E-state index < -0.39 is 21.8 Å². The van der Waals surface area contributed by atoms with Gasteiger partial charge in [-0.1, -0.05) is 32.4 Å². The Morgan fingerprint density at radius 2 is 1.75 bits per heavy atom. The van der Waals surface area contributed by atoms with Gasteiger partial charge in [-0.05, 0) is 55.4 Å². The number of methoxy groups -OCH3 is 1. The Hall–Kier alpha value is -2.23. The van der Waals surface area contributed by atoms with Gasteiger partial charge in [-0.2, -0.15) is 0 Å². The van der Waals surface area contributed by atoms with Crippen molar-refractivity contribution < 1.29 is 32.6 Å². The molecule has 2 N–H and O–H groups in total. The van der Waals surface area contributed by atoms with Crippen LogP contribution in [0.15, 0.2) is 24.3 Å². The van der Waals surface area contributed by atoms with Crippen molar-refractivity contribution in [1.29, 1.82) is 0 Å². The molecule has 1 aromatic heterocycles. The van der Waals surface area contributed by atoms with Crippen LogP contribution in [-0.2, 0) is 26.0 Å². The molecule has 0 bridgehead atoms. The Morgan fingerprint density at radius 3 is 2.25 bits per heavy atom. The van der Waals surface area contributed by atoms with Gasteiger partial charge in [-0.15, -0.1) is 0 Å². The summed E-state index contributed by atoms with van der Waals surface area (Å²) in [5, 5.41) is 19.5. The molecule has 7 nitrogen and oxygen atoms in total. The molecule has 178 valence electrons. The van der Waals surface area contributed by atoms with Gasteiger partial charge in [0.25, 0.3) is 5.79 Å². The smallest absolute Gasteiger partial charge is 0.366 e. The Labute approximate surface area is 188 Å². The Balaban J connectivity index is 2.38. The van der Waals surface area contributed by atoms with Gasteiger partial charge in [-0.25, -0.2) is 21.6 Å². The van der Waals surface area contributed by atoms with Crippen molar-refractivity contribution in [3.63, 3.8) is 0 Å². The summed E-state index contributed by atoms with van der Waals surface area (Å²) in [7, 11) is -2.48. The number of hydrogen-bond donors (Lipinski definition) is 2. The van der Waals surface area contributed by atoms with Crippen molar-refractivity contribution in [3.8, 4) is 11.1 Å². The lowest BCUT2D eigenvalue weighted by atomic mass is 9.93. The molecule has 0 aliphatic heterocycles. The molecule has 0 aliphatic rings. The fourth-order valence-corrected chi connectivity index (χ4v) is 5.40. The van der Waals surface area contributed by atoms with Gasteiger partial charge in [0, 0.05) is 23.4 Å². The second kappa shape index (κ2) is 10.1. The summed E-state index contributed by atoms with van der Waals surface area (Å²) in [6.07, 6.45) is 3.15. The number of carbonyl (C=O) groups excluding carboxylic acids is 1. The van der Waals surface area contributed by atoms with E-state index >= 15 is 0 Å². The van der Waals surface area contributed by atoms with Crippen molar-refractivity contribution in [2.24, 2.45) is 0 Å². The van der Waals surface area contributed by atoms with Crippen LogP contribution in [0.2, 0.25) is 0 Å². The maximum absolute atomic E-state index is 13.5. The van der Waals surface area contributed by atoms with Crippen molar-refractivity contribution in [2.75, 3.05) is 13.4 Å². The van der Waals surface area contributed by atoms with Gasteiger partial charge >= 0.3 is 5.97 Å². The number of rotatable bonds is 10. The molecule has 0 amide bonds. The summed E-state index contributed by atoms with van der Waals surface area (Å²) in [5.41, 5.74) is 3.65. The van der Waals surface area contributed by atoms with Gasteiger partial charge in [0.15, 0.2) is 0 Å². The van der Waals surface area contributed by atoms with Gasteiger partial charge in [0.2, 0.25) is 10.0 Å². The van der Waals surface area contributed by atoms with Gasteiger partial charge in [0.1, 0.15) is 5.82 Å². The molecule has 0 spiro atoms. The molecule has 0 fully saturated rings. The maximum atomic E-state index is 13.5. The molecule has 0 radical (unpaired) electrons. The Morgan fingerprint density at radius 1 is 1.16 bits per heavy atom. The first kappa shape index (κ1) is 26.0. The molecule has 0 atom stereocenters. The second-order valence-corrected chi connectivity index (χ2v) is 10.2. The van der Waals surface area contributed by atoms with Crippen LogP contribution in [0.3, 0.4) is 0 Å². The fourth-order valence-electron chi connectivity index (χ4n) is 4.13. The zero-order valence-electron chi connectivity index (χ0n) is 19.2. The number of ether oxygens (including phenoxy) is 1. The molecule has 2 rings (SSSR count). The minimum absolute atomic E-state index is 0.0746. The highest BCUT2D eigenvalue weighted by molar-refractivity contribution is 7.89. The molecule has 1 aromatic carbocycles. The number of nitrogens with zero attached hydrogens (tertiary/aromatic N) is 1. The highest BCUT2D eigenvalue weighted by Gasteiger charge is 2.33. The number of benzene rings is 1. The predicted molar refractivity (Wildman–Crippen MR) is 120 cm³/mol. The van der Waals surface area contributed by atoms with Crippen LogP contribution in [0.4, 0.5) is 4.39 Å². The second-order valence-electron chi connectivity index (χ2n) is 8.38. The maximum Gasteiger partial charge on any atom is 0.366 e. The average molecular weight is 470 g/mol. The number of unbranched alkanes of at least 4 members (excludes halogenated alkanes) is 2. The SMILES string of the molecule is COC(=O)C(O)(O)CCCCCc1c(-c2ccc(F)cc2)c(C)n(S(C)(=O)=O)c1C(C)C. The Kier molecular flexibility index (Phi) is 8.25. The predicted octanol–water partition coefficient (Wildman–Crippen LogP) is 3.49. The van der Waals surface area contributed by atoms with E-state index in [-0.39, 0.29) is 18.2 Å². The summed E-state index contributed by atoms with van der Waals surface area (Å²) in [6.45, 7) is 5.60. The number of aromatic nitrogens is 1. The highest BCUT2D eigenvalue weighted by atomic mass is 32.2. The zero-order valence-corrected chi connectivity index (χ0v) is 20.0. The summed E-state index contributed by atoms with van der Waals surface area (Å²) in [5.74, 6) is -4.07. The molecule has 0 unspecified atom stereocenters. The van der Waals surface area contributed by atoms with Crippen LogP contribution in [0, 0.1) is 12.7 Å². The average Bonchev–Trinajstić information content (AvgIpc) is 3.00. The van der Waals surface area contributed by atoms with Crippen LogP contribution in [0.25, 0.3) is 11.1 Å². The van der Waals surface area contributed by atoms with Crippen molar-refractivity contribution in [2.45, 2.75) is 64.6 Å². The quantitative estimate of drug-likeness (QED) is 0.313. The molecule has 32 heavy (non-hydrogen) atoms. The molecule has 0 aliphatic carbocycles. The third kappa shape index (κ3) is 5.76. The van der Waals surface area contributed by atoms with E-state index in [0.717, 1.165) is 23.8 Å². The summed E-state index contributed by atoms with van der Waals surface area (Å²) >= 11 is 0. The molecule has 0 saturated heterocycles. The molecular weight excluding hydrogens is 437 g/mol. The first-order valence-electron chi connectivity index (χ1n) is 10.5. The van der Waals surface area contributed by atoms with E-state index in [1.165, 1.54) is 22.4 Å². The highest BCUT2D eigenvalue weighted by Crippen LogP contribution is 2.38. The van der Waals surface area contributed by atoms with Gasteiger partial charge < -0.3 is 14.9 Å². The summed E-state index contributed by atoms with van der Waals surface area (Å²) in [6, 6.07) is 5.97. The zero-order chi connectivity index (χ0) is 24.3. The number of aliphatic hydroxyl groups is 2. The van der Waals surface area contributed by atoms with Crippen LogP contribution < -0.4 is 0 Å². The van der Waals surface area contributed by atoms with E-state index in [1.807, 2.05) is 13.8 Å². The molecule has 9 heteroatoms. The van der Waals surface area contributed by atoms with Crippen LogP contribution >= 0.6 is 0 Å². The lowest BCUT2D eigenvalue weighted by Crippen LogP contribution is -2.39. The number of halogens is 1. The lowest BCUT2D eigenvalue weighted by Gasteiger charge is -2.18. The van der Waals surface area contributed by atoms with Crippen LogP contribution in [0.1, 0.15) is 62.4 Å². The largest absolute Gasteiger partial charge is 0.465 e. The minimum atomic E-state index is -3.57. The van der Waals surface area contributed by atoms with E-state index in [4.69, 9.17) is 0 Å². The van der Waals surface area contributed by atoms with E-state index in [9.17, 15) is 27.8 Å². The first-order chi connectivity index (χ1) is 14.8. The summed E-state index contributed by atoms with van der Waals surface area (Å²) in [4.78, 5) is 11.4. The third-order valence-corrected chi connectivity index (χ3v) is 6.61. The molecule has 1 heterocycles. The normalized spacial score (nSPS) is 12.4. The van der Waals surface area contributed by atoms with Gasteiger partial charge in [0.05, 0.1) is 13.4 Å².